The van der Waals surface area contributed by atoms with E-state index in [0.29, 0.717) is 0 Å². The third-order valence-electron chi connectivity index (χ3n) is 4.08. The lowest BCUT2D eigenvalue weighted by Crippen LogP contribution is -3.00. The molecule has 0 unspecified atom stereocenters. The molecule has 0 radical (unpaired) electrons. The Bertz CT molecular complexity index is 397. The second-order valence-electron chi connectivity index (χ2n) is 8.76. The predicted molar refractivity (Wildman–Crippen MR) is 98.1 cm³/mol. The lowest BCUT2D eigenvalue weighted by molar-refractivity contribution is -0.870. The molecule has 0 spiro atoms. The third kappa shape index (κ3) is 14.9. The fourth-order valence-corrected chi connectivity index (χ4v) is 2.77. The van der Waals surface area contributed by atoms with E-state index in [0.717, 1.165) is 8.97 Å². The van der Waals surface area contributed by atoms with Crippen molar-refractivity contribution in [3.63, 3.8) is 0 Å². The molecular weight excluding hydrogens is 522 g/mol. The van der Waals surface area contributed by atoms with Gasteiger partial charge in [0.1, 0.15) is 0 Å². The summed E-state index contributed by atoms with van der Waals surface area (Å²) >= 11 is 0. The van der Waals surface area contributed by atoms with Crippen molar-refractivity contribution in [2.75, 3.05) is 55.4 Å². The highest BCUT2D eigenvalue weighted by molar-refractivity contribution is 5.23. The molecule has 24 heavy (non-hydrogen) atoms. The zero-order valence-electron chi connectivity index (χ0n) is 16.6. The van der Waals surface area contributed by atoms with Crippen molar-refractivity contribution in [2.45, 2.75) is 38.5 Å². The minimum absolute atomic E-state index is 0. The summed E-state index contributed by atoms with van der Waals surface area (Å²) < 4.78 is 2.15. The minimum Gasteiger partial charge on any atom is -1.00 e. The standard InChI is InChI=1S/C20H38N2.2HI/c1-21(2,3)16-9-7-12-19-14-11-15-20(18-19)13-8-10-17-22(4,5)6;;/h11,14-15,18H,7-10,12-13,16-17H2,1-6H3;2*1H/q+2;;/p-2. The monoisotopic (exact) mass is 560 g/mol. The molecule has 0 bridgehead atoms. The molecule has 0 amide bonds. The SMILES string of the molecule is C[N+](C)(C)CCCCc1cccc(CCCC[N+](C)(C)C)c1.[I-].[I-]. The third-order valence-corrected chi connectivity index (χ3v) is 4.08. The van der Waals surface area contributed by atoms with Crippen molar-refractivity contribution >= 4 is 0 Å². The molecule has 1 aromatic rings. The van der Waals surface area contributed by atoms with Crippen LogP contribution in [0.2, 0.25) is 0 Å². The fourth-order valence-electron chi connectivity index (χ4n) is 2.77. The normalized spacial score (nSPS) is 11.6. The molecule has 2 nitrogen and oxygen atoms in total. The van der Waals surface area contributed by atoms with E-state index in [4.69, 9.17) is 0 Å². The summed E-state index contributed by atoms with van der Waals surface area (Å²) in [6.45, 7) is 2.54. The summed E-state index contributed by atoms with van der Waals surface area (Å²) in [4.78, 5) is 0. The van der Waals surface area contributed by atoms with E-state index in [-0.39, 0.29) is 48.0 Å². The first kappa shape index (κ1) is 26.8. The number of aryl methyl sites for hydroxylation is 2. The summed E-state index contributed by atoms with van der Waals surface area (Å²) in [5.41, 5.74) is 3.04. The van der Waals surface area contributed by atoms with Crippen LogP contribution in [-0.4, -0.2) is 64.3 Å². The van der Waals surface area contributed by atoms with Crippen molar-refractivity contribution < 1.29 is 56.9 Å². The number of hydrogen-bond donors (Lipinski definition) is 0. The van der Waals surface area contributed by atoms with Crippen LogP contribution in [0.15, 0.2) is 24.3 Å². The van der Waals surface area contributed by atoms with Gasteiger partial charge in [0.25, 0.3) is 0 Å². The Kier molecular flexibility index (Phi) is 14.4. The van der Waals surface area contributed by atoms with Crippen molar-refractivity contribution in [1.82, 2.24) is 0 Å². The average Bonchev–Trinajstić information content (AvgIpc) is 2.38. The molecule has 0 aliphatic heterocycles. The highest BCUT2D eigenvalue weighted by Gasteiger charge is 2.07. The molecular formula is C20H38I2N2. The molecule has 0 aliphatic rings. The molecule has 1 aromatic carbocycles. The Hall–Kier alpha value is 0.600. The molecule has 0 saturated heterocycles. The van der Waals surface area contributed by atoms with Crippen LogP contribution in [0.4, 0.5) is 0 Å². The van der Waals surface area contributed by atoms with Gasteiger partial charge in [0.15, 0.2) is 0 Å². The molecule has 142 valence electrons. The van der Waals surface area contributed by atoms with E-state index in [9.17, 15) is 0 Å². The number of rotatable bonds is 10. The van der Waals surface area contributed by atoms with Gasteiger partial charge in [0.05, 0.1) is 55.4 Å². The van der Waals surface area contributed by atoms with Crippen molar-refractivity contribution in [3.05, 3.63) is 35.4 Å². The smallest absolute Gasteiger partial charge is 0.0780 e. The van der Waals surface area contributed by atoms with E-state index in [2.05, 4.69) is 66.6 Å². The first-order valence-electron chi connectivity index (χ1n) is 8.84. The van der Waals surface area contributed by atoms with Gasteiger partial charge in [0.2, 0.25) is 0 Å². The molecule has 0 saturated carbocycles. The van der Waals surface area contributed by atoms with Crippen molar-refractivity contribution in [3.8, 4) is 0 Å². The Labute approximate surface area is 185 Å². The van der Waals surface area contributed by atoms with Crippen molar-refractivity contribution in [1.29, 1.82) is 0 Å². The topological polar surface area (TPSA) is 0 Å². The first-order valence-corrected chi connectivity index (χ1v) is 8.84. The van der Waals surface area contributed by atoms with E-state index in [1.807, 2.05) is 0 Å². The lowest BCUT2D eigenvalue weighted by atomic mass is 10.0. The van der Waals surface area contributed by atoms with Crippen LogP contribution in [-0.2, 0) is 12.8 Å². The second kappa shape index (κ2) is 12.9. The van der Waals surface area contributed by atoms with Crippen LogP contribution in [0.1, 0.15) is 36.8 Å². The number of nitrogens with zero attached hydrogens (tertiary/aromatic N) is 2. The van der Waals surface area contributed by atoms with Gasteiger partial charge in [0, 0.05) is 0 Å². The van der Waals surface area contributed by atoms with Crippen LogP contribution in [0.3, 0.4) is 0 Å². The lowest BCUT2D eigenvalue weighted by Gasteiger charge is -2.23. The number of halogens is 2. The van der Waals surface area contributed by atoms with Gasteiger partial charge in [-0.15, -0.1) is 0 Å². The van der Waals surface area contributed by atoms with E-state index < -0.39 is 0 Å². The average molecular weight is 560 g/mol. The summed E-state index contributed by atoms with van der Waals surface area (Å²) in [7, 11) is 13.6. The van der Waals surface area contributed by atoms with E-state index in [1.54, 1.807) is 0 Å². The first-order chi connectivity index (χ1) is 10.2. The van der Waals surface area contributed by atoms with Crippen LogP contribution in [0.25, 0.3) is 0 Å². The van der Waals surface area contributed by atoms with Gasteiger partial charge < -0.3 is 56.9 Å². The van der Waals surface area contributed by atoms with Crippen LogP contribution < -0.4 is 48.0 Å². The van der Waals surface area contributed by atoms with Gasteiger partial charge in [-0.05, 0) is 49.7 Å². The maximum absolute atomic E-state index is 2.43. The molecule has 1 rings (SSSR count). The highest BCUT2D eigenvalue weighted by atomic mass is 127. The van der Waals surface area contributed by atoms with Gasteiger partial charge >= 0.3 is 0 Å². The number of hydrogen-bond acceptors (Lipinski definition) is 0. The molecule has 0 atom stereocenters. The summed E-state index contributed by atoms with van der Waals surface area (Å²) in [6, 6.07) is 9.26. The Morgan fingerprint density at radius 1 is 0.625 bits per heavy atom. The zero-order valence-corrected chi connectivity index (χ0v) is 20.9. The second-order valence-corrected chi connectivity index (χ2v) is 8.76. The highest BCUT2D eigenvalue weighted by Crippen LogP contribution is 2.12. The molecule has 4 heteroatoms. The Morgan fingerprint density at radius 2 is 1.00 bits per heavy atom. The van der Waals surface area contributed by atoms with Gasteiger partial charge in [-0.1, -0.05) is 24.3 Å². The fraction of sp³-hybridized carbons (Fsp3) is 0.700. The molecule has 0 aromatic heterocycles. The minimum atomic E-state index is 0. The maximum atomic E-state index is 2.43. The molecule has 0 heterocycles. The molecule has 0 fully saturated rings. The quantitative estimate of drug-likeness (QED) is 0.173. The number of quaternary nitrogens is 2. The Balaban J connectivity index is 0. The van der Waals surface area contributed by atoms with Gasteiger partial charge in [-0.2, -0.15) is 0 Å². The summed E-state index contributed by atoms with van der Waals surface area (Å²) in [6.07, 6.45) is 7.70. The van der Waals surface area contributed by atoms with Crippen molar-refractivity contribution in [2.24, 2.45) is 0 Å². The van der Waals surface area contributed by atoms with E-state index >= 15 is 0 Å². The van der Waals surface area contributed by atoms with Gasteiger partial charge in [-0.3, -0.25) is 0 Å². The summed E-state index contributed by atoms with van der Waals surface area (Å²) in [5, 5.41) is 0. The largest absolute Gasteiger partial charge is 1.00 e. The number of unbranched alkanes of at least 4 members (excludes halogenated alkanes) is 2. The predicted octanol–water partition coefficient (Wildman–Crippen LogP) is -2.25. The molecule has 0 aliphatic carbocycles. The maximum Gasteiger partial charge on any atom is 0.0780 e. The summed E-state index contributed by atoms with van der Waals surface area (Å²) in [5.74, 6) is 0. The van der Waals surface area contributed by atoms with Crippen LogP contribution in [0.5, 0.6) is 0 Å². The molecule has 0 N–H and O–H groups in total. The van der Waals surface area contributed by atoms with Crippen LogP contribution in [0, 0.1) is 0 Å². The van der Waals surface area contributed by atoms with Gasteiger partial charge in [-0.25, -0.2) is 0 Å². The van der Waals surface area contributed by atoms with E-state index in [1.165, 1.54) is 62.7 Å². The Morgan fingerprint density at radius 3 is 1.33 bits per heavy atom. The van der Waals surface area contributed by atoms with Crippen LogP contribution >= 0.6 is 0 Å². The zero-order chi connectivity index (χ0) is 16.6. The number of benzene rings is 1.